The Morgan fingerprint density at radius 3 is 2.62 bits per heavy atom. The zero-order valence-corrected chi connectivity index (χ0v) is 13.1. The van der Waals surface area contributed by atoms with Crippen LogP contribution in [0.2, 0.25) is 5.02 Å². The molecule has 0 radical (unpaired) electrons. The summed E-state index contributed by atoms with van der Waals surface area (Å²) in [5, 5.41) is 9.80. The number of fused-ring (bicyclic) bond motifs is 2. The maximum absolute atomic E-state index is 10.9. The molecule has 2 heterocycles. The van der Waals surface area contributed by atoms with Gasteiger partial charge in [0.25, 0.3) is 0 Å². The van der Waals surface area contributed by atoms with Gasteiger partial charge in [0, 0.05) is 29.6 Å². The molecule has 2 aliphatic heterocycles. The Labute approximate surface area is 130 Å². The number of nitrogens with zero attached hydrogens (tertiary/aromatic N) is 1. The van der Waals surface area contributed by atoms with Crippen LogP contribution in [0.1, 0.15) is 50.6 Å². The van der Waals surface area contributed by atoms with Gasteiger partial charge in [0.15, 0.2) is 0 Å². The van der Waals surface area contributed by atoms with Crippen molar-refractivity contribution in [1.82, 2.24) is 4.90 Å². The van der Waals surface area contributed by atoms with Gasteiger partial charge in [0.05, 0.1) is 0 Å². The van der Waals surface area contributed by atoms with Gasteiger partial charge >= 0.3 is 5.97 Å². The first kappa shape index (κ1) is 14.9. The molecular weight excluding hydrogens is 286 g/mol. The maximum atomic E-state index is 10.9. The minimum atomic E-state index is -0.657. The lowest BCUT2D eigenvalue weighted by Gasteiger charge is -2.42. The molecule has 3 unspecified atom stereocenters. The van der Waals surface area contributed by atoms with Crippen LogP contribution in [-0.2, 0) is 4.79 Å². The predicted molar refractivity (Wildman–Crippen MR) is 83.5 cm³/mol. The van der Waals surface area contributed by atoms with Gasteiger partial charge in [-0.3, -0.25) is 9.69 Å². The number of carboxylic acids is 1. The van der Waals surface area contributed by atoms with Gasteiger partial charge in [0.1, 0.15) is 0 Å². The molecule has 3 rings (SSSR count). The molecule has 114 valence electrons. The van der Waals surface area contributed by atoms with Crippen LogP contribution in [0.4, 0.5) is 0 Å². The maximum Gasteiger partial charge on any atom is 0.303 e. The van der Waals surface area contributed by atoms with Crippen molar-refractivity contribution in [3.8, 4) is 0 Å². The molecule has 2 fully saturated rings. The number of hydrogen-bond donors (Lipinski definition) is 1. The second-order valence-electron chi connectivity index (χ2n) is 6.50. The van der Waals surface area contributed by atoms with E-state index in [1.54, 1.807) is 0 Å². The first-order chi connectivity index (χ1) is 10.0. The minimum absolute atomic E-state index is 0.326. The quantitative estimate of drug-likeness (QED) is 0.909. The fourth-order valence-electron chi connectivity index (χ4n) is 4.31. The molecule has 2 aliphatic rings. The molecule has 0 aromatic heterocycles. The third kappa shape index (κ3) is 3.09. The lowest BCUT2D eigenvalue weighted by Crippen LogP contribution is -2.44. The second kappa shape index (κ2) is 5.98. The Kier molecular flexibility index (Phi) is 4.23. The average Bonchev–Trinajstić information content (AvgIpc) is 2.69. The van der Waals surface area contributed by atoms with Crippen LogP contribution < -0.4 is 0 Å². The number of piperidine rings is 1. The van der Waals surface area contributed by atoms with E-state index >= 15 is 0 Å². The fraction of sp³-hybridized carbons (Fsp3) is 0.588. The monoisotopic (exact) mass is 307 g/mol. The number of benzene rings is 1. The molecule has 1 aromatic rings. The third-order valence-electron chi connectivity index (χ3n) is 5.13. The van der Waals surface area contributed by atoms with Crippen LogP contribution in [0.25, 0.3) is 0 Å². The van der Waals surface area contributed by atoms with Crippen LogP contribution in [-0.4, -0.2) is 28.1 Å². The molecule has 0 saturated carbocycles. The van der Waals surface area contributed by atoms with Crippen molar-refractivity contribution in [3.63, 3.8) is 0 Å². The highest BCUT2D eigenvalue weighted by molar-refractivity contribution is 6.30. The summed E-state index contributed by atoms with van der Waals surface area (Å²) < 4.78 is 0. The zero-order valence-electron chi connectivity index (χ0n) is 12.3. The van der Waals surface area contributed by atoms with Gasteiger partial charge in [-0.1, -0.05) is 23.7 Å². The molecule has 3 nitrogen and oxygen atoms in total. The lowest BCUT2D eigenvalue weighted by molar-refractivity contribution is -0.138. The molecule has 21 heavy (non-hydrogen) atoms. The first-order valence-electron chi connectivity index (χ1n) is 7.79. The number of rotatable bonds is 4. The summed E-state index contributed by atoms with van der Waals surface area (Å²) >= 11 is 6.11. The largest absolute Gasteiger partial charge is 0.481 e. The Morgan fingerprint density at radius 2 is 2.05 bits per heavy atom. The van der Waals surface area contributed by atoms with Crippen LogP contribution >= 0.6 is 11.6 Å². The van der Waals surface area contributed by atoms with E-state index in [0.717, 1.165) is 17.9 Å². The van der Waals surface area contributed by atoms with Crippen molar-refractivity contribution in [3.05, 3.63) is 34.9 Å². The summed E-state index contributed by atoms with van der Waals surface area (Å²) in [6.45, 7) is 2.24. The summed E-state index contributed by atoms with van der Waals surface area (Å²) in [7, 11) is 0. The Bertz CT molecular complexity index is 519. The van der Waals surface area contributed by atoms with Crippen molar-refractivity contribution in [2.24, 2.45) is 5.92 Å². The molecule has 1 aromatic carbocycles. The van der Waals surface area contributed by atoms with Gasteiger partial charge in [0.2, 0.25) is 0 Å². The summed E-state index contributed by atoms with van der Waals surface area (Å²) in [5.41, 5.74) is 1.26. The minimum Gasteiger partial charge on any atom is -0.481 e. The molecule has 3 atom stereocenters. The van der Waals surface area contributed by atoms with Gasteiger partial charge < -0.3 is 5.11 Å². The molecule has 0 amide bonds. The van der Waals surface area contributed by atoms with E-state index in [9.17, 15) is 4.79 Å². The normalized spacial score (nSPS) is 30.3. The third-order valence-corrected chi connectivity index (χ3v) is 5.36. The molecule has 0 aliphatic carbocycles. The summed E-state index contributed by atoms with van der Waals surface area (Å²) in [6, 6.07) is 9.52. The number of hydrogen-bond acceptors (Lipinski definition) is 2. The Hall–Kier alpha value is -1.06. The van der Waals surface area contributed by atoms with E-state index in [2.05, 4.69) is 24.0 Å². The van der Waals surface area contributed by atoms with Crippen LogP contribution in [0.5, 0.6) is 0 Å². The fourth-order valence-corrected chi connectivity index (χ4v) is 4.51. The molecule has 2 bridgehead atoms. The topological polar surface area (TPSA) is 40.5 Å². The van der Waals surface area contributed by atoms with Crippen molar-refractivity contribution in [1.29, 1.82) is 0 Å². The molecular formula is C17H22ClNO2. The first-order valence-corrected chi connectivity index (χ1v) is 8.17. The van der Waals surface area contributed by atoms with Gasteiger partial charge in [-0.2, -0.15) is 0 Å². The summed E-state index contributed by atoms with van der Waals surface area (Å²) in [6.07, 6.45) is 4.77. The predicted octanol–water partition coefficient (Wildman–Crippen LogP) is 4.12. The van der Waals surface area contributed by atoms with Crippen molar-refractivity contribution in [2.45, 2.75) is 57.2 Å². The van der Waals surface area contributed by atoms with E-state index in [0.29, 0.717) is 30.5 Å². The van der Waals surface area contributed by atoms with Crippen LogP contribution in [0, 0.1) is 5.92 Å². The van der Waals surface area contributed by atoms with Crippen LogP contribution in [0.15, 0.2) is 24.3 Å². The molecule has 1 N–H and O–H groups in total. The lowest BCUT2D eigenvalue weighted by atomic mass is 9.86. The van der Waals surface area contributed by atoms with Crippen molar-refractivity contribution in [2.75, 3.05) is 0 Å². The van der Waals surface area contributed by atoms with E-state index in [-0.39, 0.29) is 0 Å². The van der Waals surface area contributed by atoms with E-state index in [4.69, 9.17) is 16.7 Å². The highest BCUT2D eigenvalue weighted by Gasteiger charge is 2.43. The van der Waals surface area contributed by atoms with Gasteiger partial charge in [-0.25, -0.2) is 0 Å². The van der Waals surface area contributed by atoms with E-state index in [1.165, 1.54) is 18.4 Å². The zero-order chi connectivity index (χ0) is 15.0. The number of halogens is 1. The molecule has 2 saturated heterocycles. The van der Waals surface area contributed by atoms with Crippen LogP contribution in [0.3, 0.4) is 0 Å². The number of aliphatic carboxylic acids is 1. The van der Waals surface area contributed by atoms with E-state index < -0.39 is 5.97 Å². The molecule has 4 heteroatoms. The summed E-state index contributed by atoms with van der Waals surface area (Å²) in [5.74, 6) is -0.307. The highest BCUT2D eigenvalue weighted by atomic mass is 35.5. The van der Waals surface area contributed by atoms with Crippen molar-refractivity contribution < 1.29 is 9.90 Å². The summed E-state index contributed by atoms with van der Waals surface area (Å²) in [4.78, 5) is 13.5. The number of carbonyl (C=O) groups is 1. The molecule has 0 spiro atoms. The average molecular weight is 308 g/mol. The van der Waals surface area contributed by atoms with Crippen molar-refractivity contribution >= 4 is 17.6 Å². The SMILES string of the molecule is CC(c1cccc(Cl)c1)N1C2CCC1CC(CC(=O)O)C2. The second-order valence-corrected chi connectivity index (χ2v) is 6.93. The number of carboxylic acid groups (broad SMARTS) is 1. The standard InChI is InChI=1S/C17H22ClNO2/c1-11(13-3-2-4-14(18)10-13)19-15-5-6-16(19)8-12(7-15)9-17(20)21/h2-4,10-12,15-16H,5-9H2,1H3,(H,20,21). The highest BCUT2D eigenvalue weighted by Crippen LogP contribution is 2.44. The Morgan fingerprint density at radius 1 is 1.38 bits per heavy atom. The van der Waals surface area contributed by atoms with E-state index in [1.807, 2.05) is 12.1 Å². The smallest absolute Gasteiger partial charge is 0.303 e. The van der Waals surface area contributed by atoms with Gasteiger partial charge in [-0.15, -0.1) is 0 Å². The van der Waals surface area contributed by atoms with Gasteiger partial charge in [-0.05, 0) is 56.2 Å². The Balaban J connectivity index is 1.74.